The van der Waals surface area contributed by atoms with Crippen molar-refractivity contribution in [2.24, 2.45) is 5.92 Å². The number of hydrogen-bond donors (Lipinski definition) is 2. The first-order chi connectivity index (χ1) is 11.1. The number of amides is 1. The van der Waals surface area contributed by atoms with Crippen LogP contribution in [0.3, 0.4) is 0 Å². The number of fused-ring (bicyclic) bond motifs is 1. The Morgan fingerprint density at radius 1 is 1.39 bits per heavy atom. The molecule has 4 rings (SSSR count). The molecule has 4 atom stereocenters. The maximum absolute atomic E-state index is 12.5. The van der Waals surface area contributed by atoms with Gasteiger partial charge in [0.1, 0.15) is 11.4 Å². The molecule has 2 saturated carbocycles. The first-order valence-electron chi connectivity index (χ1n) is 8.24. The molecule has 0 unspecified atom stereocenters. The van der Waals surface area contributed by atoms with Crippen LogP contribution in [0.2, 0.25) is 0 Å². The van der Waals surface area contributed by atoms with Gasteiger partial charge in [-0.2, -0.15) is 0 Å². The monoisotopic (exact) mass is 318 g/mol. The average molecular weight is 318 g/mol. The fourth-order valence-electron chi connectivity index (χ4n) is 3.85. The number of aromatic nitrogens is 2. The van der Waals surface area contributed by atoms with Crippen molar-refractivity contribution in [3.05, 3.63) is 27.9 Å². The number of ether oxygens (including phenoxy) is 1. The molecule has 3 aliphatic rings. The van der Waals surface area contributed by atoms with Gasteiger partial charge in [-0.05, 0) is 33.4 Å². The van der Waals surface area contributed by atoms with Gasteiger partial charge in [0.25, 0.3) is 11.5 Å². The summed E-state index contributed by atoms with van der Waals surface area (Å²) in [5.74, 6) is 1.05. The number of H-pyrrole nitrogens is 1. The molecule has 1 saturated heterocycles. The first-order valence-corrected chi connectivity index (χ1v) is 8.24. The molecule has 124 valence electrons. The Morgan fingerprint density at radius 2 is 2.17 bits per heavy atom. The summed E-state index contributed by atoms with van der Waals surface area (Å²) in [5.41, 5.74) is -0.256. The second-order valence-electron chi connectivity index (χ2n) is 7.03. The SMILES string of the molecule is CN(C)[C@@H]1[C@@H](NC(=O)c2cnc(C3CC3)[nH]c2=O)[C@H]2CCO[C@H]21. The van der Waals surface area contributed by atoms with Gasteiger partial charge in [-0.25, -0.2) is 4.98 Å². The van der Waals surface area contributed by atoms with Crippen molar-refractivity contribution < 1.29 is 9.53 Å². The van der Waals surface area contributed by atoms with Gasteiger partial charge in [0, 0.05) is 24.6 Å². The van der Waals surface area contributed by atoms with E-state index in [9.17, 15) is 9.59 Å². The van der Waals surface area contributed by atoms with Crippen LogP contribution in [-0.4, -0.2) is 59.7 Å². The molecule has 1 amide bonds. The number of rotatable bonds is 4. The largest absolute Gasteiger partial charge is 0.376 e. The maximum atomic E-state index is 12.5. The van der Waals surface area contributed by atoms with E-state index in [0.717, 1.165) is 25.9 Å². The van der Waals surface area contributed by atoms with Crippen LogP contribution in [0.15, 0.2) is 11.0 Å². The van der Waals surface area contributed by atoms with Crippen LogP contribution in [0, 0.1) is 5.92 Å². The summed E-state index contributed by atoms with van der Waals surface area (Å²) in [7, 11) is 3.97. The molecular formula is C16H22N4O3. The topological polar surface area (TPSA) is 87.3 Å². The minimum Gasteiger partial charge on any atom is -0.376 e. The van der Waals surface area contributed by atoms with E-state index in [0.29, 0.717) is 17.7 Å². The van der Waals surface area contributed by atoms with Gasteiger partial charge in [0.05, 0.1) is 18.2 Å². The van der Waals surface area contributed by atoms with E-state index < -0.39 is 0 Å². The van der Waals surface area contributed by atoms with E-state index >= 15 is 0 Å². The smallest absolute Gasteiger partial charge is 0.263 e. The second-order valence-corrected chi connectivity index (χ2v) is 7.03. The van der Waals surface area contributed by atoms with E-state index in [2.05, 4.69) is 20.2 Å². The van der Waals surface area contributed by atoms with Gasteiger partial charge >= 0.3 is 0 Å². The van der Waals surface area contributed by atoms with Crippen LogP contribution < -0.4 is 10.9 Å². The summed E-state index contributed by atoms with van der Waals surface area (Å²) < 4.78 is 5.74. The van der Waals surface area contributed by atoms with Gasteiger partial charge < -0.3 is 19.9 Å². The number of nitrogens with zero attached hydrogens (tertiary/aromatic N) is 2. The van der Waals surface area contributed by atoms with Crippen LogP contribution in [-0.2, 0) is 4.74 Å². The second kappa shape index (κ2) is 5.42. The highest BCUT2D eigenvalue weighted by atomic mass is 16.5. The summed E-state index contributed by atoms with van der Waals surface area (Å²) in [6.07, 6.45) is 4.67. The van der Waals surface area contributed by atoms with Crippen molar-refractivity contribution in [1.82, 2.24) is 20.2 Å². The Bertz CT molecular complexity index is 682. The molecular weight excluding hydrogens is 296 g/mol. The minimum atomic E-state index is -0.348. The zero-order valence-electron chi connectivity index (χ0n) is 13.4. The lowest BCUT2D eigenvalue weighted by Crippen LogP contribution is -2.69. The Balaban J connectivity index is 1.50. The van der Waals surface area contributed by atoms with Crippen LogP contribution in [0.25, 0.3) is 0 Å². The van der Waals surface area contributed by atoms with Crippen LogP contribution in [0.4, 0.5) is 0 Å². The molecule has 7 nitrogen and oxygen atoms in total. The Morgan fingerprint density at radius 3 is 2.83 bits per heavy atom. The summed E-state index contributed by atoms with van der Waals surface area (Å²) in [4.78, 5) is 33.7. The van der Waals surface area contributed by atoms with Crippen molar-refractivity contribution in [2.75, 3.05) is 20.7 Å². The van der Waals surface area contributed by atoms with Crippen molar-refractivity contribution in [1.29, 1.82) is 0 Å². The number of hydrogen-bond acceptors (Lipinski definition) is 5. The van der Waals surface area contributed by atoms with Crippen molar-refractivity contribution >= 4 is 5.91 Å². The zero-order valence-corrected chi connectivity index (χ0v) is 13.4. The highest BCUT2D eigenvalue weighted by Gasteiger charge is 2.55. The molecule has 0 bridgehead atoms. The molecule has 2 heterocycles. The lowest BCUT2D eigenvalue weighted by Gasteiger charge is -2.50. The highest BCUT2D eigenvalue weighted by Crippen LogP contribution is 2.41. The molecule has 0 radical (unpaired) electrons. The number of likely N-dealkylation sites (N-methyl/N-ethyl adjacent to an activating group) is 1. The van der Waals surface area contributed by atoms with Gasteiger partial charge in [0.15, 0.2) is 0 Å². The van der Waals surface area contributed by atoms with Crippen molar-refractivity contribution in [2.45, 2.75) is 43.4 Å². The van der Waals surface area contributed by atoms with Crippen LogP contribution >= 0.6 is 0 Å². The van der Waals surface area contributed by atoms with Crippen molar-refractivity contribution in [3.63, 3.8) is 0 Å². The van der Waals surface area contributed by atoms with Gasteiger partial charge in [-0.15, -0.1) is 0 Å². The number of aromatic amines is 1. The van der Waals surface area contributed by atoms with Gasteiger partial charge in [-0.3, -0.25) is 9.59 Å². The predicted octanol–water partition coefficient (Wildman–Crippen LogP) is 0.0946. The summed E-state index contributed by atoms with van der Waals surface area (Å²) >= 11 is 0. The Kier molecular flexibility index (Phi) is 3.50. The fraction of sp³-hybridized carbons (Fsp3) is 0.688. The average Bonchev–Trinajstić information content (AvgIpc) is 3.26. The molecule has 0 spiro atoms. The highest BCUT2D eigenvalue weighted by molar-refractivity contribution is 5.93. The maximum Gasteiger partial charge on any atom is 0.263 e. The lowest BCUT2D eigenvalue weighted by atomic mass is 9.71. The third kappa shape index (κ3) is 2.48. The van der Waals surface area contributed by atoms with Gasteiger partial charge in [-0.1, -0.05) is 0 Å². The molecule has 7 heteroatoms. The number of carbonyl (C=O) groups is 1. The third-order valence-corrected chi connectivity index (χ3v) is 5.27. The molecule has 3 fully saturated rings. The first kappa shape index (κ1) is 14.8. The lowest BCUT2D eigenvalue weighted by molar-refractivity contribution is -0.0664. The molecule has 2 aliphatic carbocycles. The summed E-state index contributed by atoms with van der Waals surface area (Å²) in [6.45, 7) is 0.740. The van der Waals surface area contributed by atoms with E-state index in [1.54, 1.807) is 0 Å². The molecule has 23 heavy (non-hydrogen) atoms. The van der Waals surface area contributed by atoms with Crippen LogP contribution in [0.1, 0.15) is 41.4 Å². The standard InChI is InChI=1S/C16H22N4O3/c1-20(2)12-11(9-5-6-23-13(9)12)18-15(21)10-7-17-14(8-3-4-8)19-16(10)22/h7-9,11-13H,3-6H2,1-2H3,(H,18,21)(H,17,19,22)/t9-,11+,12-,13-/m1/s1. The van der Waals surface area contributed by atoms with Crippen LogP contribution in [0.5, 0.6) is 0 Å². The fourth-order valence-corrected chi connectivity index (χ4v) is 3.85. The number of nitrogens with one attached hydrogen (secondary N) is 2. The Hall–Kier alpha value is -1.73. The number of carbonyl (C=O) groups excluding carboxylic acids is 1. The Labute approximate surface area is 134 Å². The molecule has 1 aromatic rings. The minimum absolute atomic E-state index is 0.0208. The predicted molar refractivity (Wildman–Crippen MR) is 83.4 cm³/mol. The van der Waals surface area contributed by atoms with E-state index in [1.807, 2.05) is 14.1 Å². The quantitative estimate of drug-likeness (QED) is 0.822. The van der Waals surface area contributed by atoms with E-state index in [4.69, 9.17) is 4.74 Å². The van der Waals surface area contributed by atoms with Gasteiger partial charge in [0.2, 0.25) is 0 Å². The summed E-state index contributed by atoms with van der Waals surface area (Å²) in [6, 6.07) is 0.178. The molecule has 0 aromatic carbocycles. The molecule has 2 N–H and O–H groups in total. The zero-order chi connectivity index (χ0) is 16.1. The van der Waals surface area contributed by atoms with E-state index in [-0.39, 0.29) is 35.2 Å². The summed E-state index contributed by atoms with van der Waals surface area (Å²) in [5, 5.41) is 3.02. The van der Waals surface area contributed by atoms with E-state index in [1.165, 1.54) is 6.20 Å². The van der Waals surface area contributed by atoms with Crippen molar-refractivity contribution in [3.8, 4) is 0 Å². The third-order valence-electron chi connectivity index (χ3n) is 5.27. The molecule has 1 aliphatic heterocycles. The molecule has 1 aromatic heterocycles. The normalized spacial score (nSPS) is 32.5.